The normalized spacial score (nSPS) is 24.6. The third-order valence-corrected chi connectivity index (χ3v) is 3.99. The first kappa shape index (κ1) is 14.6. The molecule has 2 fully saturated rings. The fraction of sp³-hybridized carbons (Fsp3) is 0.750. The van der Waals surface area contributed by atoms with E-state index in [9.17, 15) is 14.4 Å². The molecule has 8 nitrogen and oxygen atoms in total. The first-order chi connectivity index (χ1) is 9.47. The van der Waals surface area contributed by atoms with Crippen molar-refractivity contribution in [1.82, 2.24) is 15.5 Å². The largest absolute Gasteiger partial charge is 0.480 e. The second kappa shape index (κ2) is 5.66. The molecule has 2 rings (SSSR count). The standard InChI is InChI=1S/C12H19N3O5/c1-20-12(3-2-4-12)7-14-11(19)15-6-9(16)13-5-8(15)10(17)18/h8H,2-7H2,1H3,(H,13,16)(H,14,19)(H,17,18). The molecule has 0 aromatic carbocycles. The van der Waals surface area contributed by atoms with Crippen LogP contribution >= 0.6 is 0 Å². The molecule has 0 aromatic rings. The summed E-state index contributed by atoms with van der Waals surface area (Å²) in [6, 6.07) is -1.58. The Labute approximate surface area is 116 Å². The highest BCUT2D eigenvalue weighted by Crippen LogP contribution is 2.34. The van der Waals surface area contributed by atoms with Gasteiger partial charge in [0.25, 0.3) is 0 Å². The number of hydrogen-bond acceptors (Lipinski definition) is 4. The molecule has 0 bridgehead atoms. The molecule has 1 atom stereocenters. The van der Waals surface area contributed by atoms with Gasteiger partial charge in [0.1, 0.15) is 12.6 Å². The van der Waals surface area contributed by atoms with Crippen LogP contribution in [-0.4, -0.2) is 66.3 Å². The molecule has 0 aromatic heterocycles. The molecule has 20 heavy (non-hydrogen) atoms. The molecule has 112 valence electrons. The average Bonchev–Trinajstić information content (AvgIpc) is 2.37. The van der Waals surface area contributed by atoms with Gasteiger partial charge in [-0.3, -0.25) is 9.69 Å². The van der Waals surface area contributed by atoms with Gasteiger partial charge in [-0.15, -0.1) is 0 Å². The number of methoxy groups -OCH3 is 1. The lowest BCUT2D eigenvalue weighted by Gasteiger charge is -2.41. The Morgan fingerprint density at radius 2 is 2.25 bits per heavy atom. The van der Waals surface area contributed by atoms with Gasteiger partial charge in [-0.1, -0.05) is 0 Å². The van der Waals surface area contributed by atoms with Gasteiger partial charge < -0.3 is 20.5 Å². The lowest BCUT2D eigenvalue weighted by Crippen LogP contribution is -2.62. The van der Waals surface area contributed by atoms with E-state index < -0.39 is 18.0 Å². The van der Waals surface area contributed by atoms with E-state index in [0.717, 1.165) is 24.2 Å². The van der Waals surface area contributed by atoms with E-state index in [1.165, 1.54) is 0 Å². The number of carboxylic acid groups (broad SMARTS) is 1. The molecular formula is C12H19N3O5. The molecule has 1 aliphatic carbocycles. The quantitative estimate of drug-likeness (QED) is 0.623. The summed E-state index contributed by atoms with van der Waals surface area (Å²) in [5, 5.41) is 14.2. The van der Waals surface area contributed by atoms with Crippen molar-refractivity contribution in [3.05, 3.63) is 0 Å². The molecular weight excluding hydrogens is 266 g/mol. The number of carbonyl (C=O) groups is 3. The van der Waals surface area contributed by atoms with Crippen LogP contribution in [0.15, 0.2) is 0 Å². The summed E-state index contributed by atoms with van der Waals surface area (Å²) in [7, 11) is 1.60. The van der Waals surface area contributed by atoms with E-state index in [2.05, 4.69) is 10.6 Å². The van der Waals surface area contributed by atoms with Crippen LogP contribution in [0.25, 0.3) is 0 Å². The zero-order chi connectivity index (χ0) is 14.8. The fourth-order valence-electron chi connectivity index (χ4n) is 2.44. The fourth-order valence-corrected chi connectivity index (χ4v) is 2.44. The summed E-state index contributed by atoms with van der Waals surface area (Å²) in [5.74, 6) is -1.49. The molecule has 1 unspecified atom stereocenters. The predicted molar refractivity (Wildman–Crippen MR) is 68.1 cm³/mol. The van der Waals surface area contributed by atoms with Crippen LogP contribution in [0.1, 0.15) is 19.3 Å². The Morgan fingerprint density at radius 1 is 1.55 bits per heavy atom. The predicted octanol–water partition coefficient (Wildman–Crippen LogP) is -0.850. The maximum atomic E-state index is 12.1. The maximum Gasteiger partial charge on any atom is 0.328 e. The molecule has 1 saturated carbocycles. The number of carboxylic acids is 1. The first-order valence-corrected chi connectivity index (χ1v) is 6.56. The molecule has 8 heteroatoms. The number of amides is 3. The topological polar surface area (TPSA) is 108 Å². The number of urea groups is 1. The van der Waals surface area contributed by atoms with E-state index in [1.807, 2.05) is 0 Å². The van der Waals surface area contributed by atoms with Gasteiger partial charge in [0, 0.05) is 20.2 Å². The second-order valence-electron chi connectivity index (χ2n) is 5.19. The summed E-state index contributed by atoms with van der Waals surface area (Å²) in [6.45, 7) is 0.00653. The second-order valence-corrected chi connectivity index (χ2v) is 5.19. The molecule has 0 radical (unpaired) electrons. The Hall–Kier alpha value is -1.83. The van der Waals surface area contributed by atoms with Gasteiger partial charge in [-0.25, -0.2) is 9.59 Å². The average molecular weight is 285 g/mol. The minimum absolute atomic E-state index is 0.0724. The van der Waals surface area contributed by atoms with Crippen molar-refractivity contribution in [3.63, 3.8) is 0 Å². The van der Waals surface area contributed by atoms with Crippen LogP contribution in [0.2, 0.25) is 0 Å². The number of nitrogens with one attached hydrogen (secondary N) is 2. The zero-order valence-corrected chi connectivity index (χ0v) is 11.3. The van der Waals surface area contributed by atoms with Crippen molar-refractivity contribution in [3.8, 4) is 0 Å². The van der Waals surface area contributed by atoms with Crippen LogP contribution in [0, 0.1) is 0 Å². The van der Waals surface area contributed by atoms with Crippen molar-refractivity contribution in [2.24, 2.45) is 0 Å². The Morgan fingerprint density at radius 3 is 2.75 bits per heavy atom. The van der Waals surface area contributed by atoms with Crippen LogP contribution in [-0.2, 0) is 14.3 Å². The lowest BCUT2D eigenvalue weighted by molar-refractivity contribution is -0.144. The first-order valence-electron chi connectivity index (χ1n) is 6.56. The molecule has 1 heterocycles. The third kappa shape index (κ3) is 2.84. The van der Waals surface area contributed by atoms with E-state index in [1.54, 1.807) is 7.11 Å². The van der Waals surface area contributed by atoms with Crippen LogP contribution in [0.4, 0.5) is 4.79 Å². The minimum Gasteiger partial charge on any atom is -0.480 e. The van der Waals surface area contributed by atoms with Crippen molar-refractivity contribution < 1.29 is 24.2 Å². The zero-order valence-electron chi connectivity index (χ0n) is 11.3. The monoisotopic (exact) mass is 285 g/mol. The van der Waals surface area contributed by atoms with Crippen LogP contribution in [0.5, 0.6) is 0 Å². The van der Waals surface area contributed by atoms with Crippen molar-refractivity contribution in [2.45, 2.75) is 30.9 Å². The van der Waals surface area contributed by atoms with Gasteiger partial charge in [0.05, 0.1) is 5.60 Å². The van der Waals surface area contributed by atoms with Crippen molar-refractivity contribution in [1.29, 1.82) is 0 Å². The summed E-state index contributed by atoms with van der Waals surface area (Å²) in [6.07, 6.45) is 2.78. The molecule has 1 saturated heterocycles. The van der Waals surface area contributed by atoms with Gasteiger partial charge in [-0.05, 0) is 19.3 Å². The number of rotatable bonds is 4. The van der Waals surface area contributed by atoms with E-state index in [0.29, 0.717) is 6.54 Å². The number of carbonyl (C=O) groups excluding carboxylic acids is 2. The number of piperazine rings is 1. The number of hydrogen-bond donors (Lipinski definition) is 3. The van der Waals surface area contributed by atoms with Gasteiger partial charge in [-0.2, -0.15) is 0 Å². The SMILES string of the molecule is COC1(CNC(=O)N2CC(=O)NCC2C(=O)O)CCC1. The van der Waals surface area contributed by atoms with Gasteiger partial charge >= 0.3 is 12.0 Å². The van der Waals surface area contributed by atoms with Gasteiger partial charge in [0.15, 0.2) is 0 Å². The van der Waals surface area contributed by atoms with E-state index in [4.69, 9.17) is 9.84 Å². The Balaban J connectivity index is 1.95. The van der Waals surface area contributed by atoms with E-state index in [-0.39, 0.29) is 24.6 Å². The minimum atomic E-state index is -1.13. The van der Waals surface area contributed by atoms with E-state index >= 15 is 0 Å². The Bertz CT molecular complexity index is 416. The summed E-state index contributed by atoms with van der Waals surface area (Å²) in [4.78, 5) is 35.5. The summed E-state index contributed by atoms with van der Waals surface area (Å²) >= 11 is 0. The number of aliphatic carboxylic acids is 1. The molecule has 1 aliphatic heterocycles. The summed E-state index contributed by atoms with van der Waals surface area (Å²) in [5.41, 5.74) is -0.341. The van der Waals surface area contributed by atoms with Crippen molar-refractivity contribution >= 4 is 17.9 Å². The molecule has 3 N–H and O–H groups in total. The third-order valence-electron chi connectivity index (χ3n) is 3.99. The van der Waals surface area contributed by atoms with Crippen LogP contribution in [0.3, 0.4) is 0 Å². The van der Waals surface area contributed by atoms with Crippen LogP contribution < -0.4 is 10.6 Å². The highest BCUT2D eigenvalue weighted by atomic mass is 16.5. The van der Waals surface area contributed by atoms with Gasteiger partial charge in [0.2, 0.25) is 5.91 Å². The Kier molecular flexibility index (Phi) is 4.12. The molecule has 2 aliphatic rings. The molecule has 3 amide bonds. The highest BCUT2D eigenvalue weighted by molar-refractivity contribution is 5.90. The summed E-state index contributed by atoms with van der Waals surface area (Å²) < 4.78 is 5.38. The van der Waals surface area contributed by atoms with Crippen molar-refractivity contribution in [2.75, 3.05) is 26.7 Å². The number of nitrogens with zero attached hydrogens (tertiary/aromatic N) is 1. The maximum absolute atomic E-state index is 12.1. The highest BCUT2D eigenvalue weighted by Gasteiger charge is 2.39. The smallest absolute Gasteiger partial charge is 0.328 e. The molecule has 0 spiro atoms. The lowest BCUT2D eigenvalue weighted by atomic mass is 9.80. The number of ether oxygens (including phenoxy) is 1.